The molecule has 0 saturated carbocycles. The molecule has 0 bridgehead atoms. The Labute approximate surface area is 119 Å². The van der Waals surface area contributed by atoms with E-state index in [0.717, 1.165) is 39.0 Å². The molecule has 0 aliphatic carbocycles. The van der Waals surface area contributed by atoms with E-state index in [2.05, 4.69) is 31.0 Å². The molecule has 0 saturated heterocycles. The quantitative estimate of drug-likeness (QED) is 0.505. The van der Waals surface area contributed by atoms with E-state index in [-0.39, 0.29) is 11.9 Å². The molecule has 1 amide bonds. The fourth-order valence-electron chi connectivity index (χ4n) is 2.23. The molecule has 0 aliphatic heterocycles. The number of nitrogens with one attached hydrogen (secondary N) is 1. The summed E-state index contributed by atoms with van der Waals surface area (Å²) < 4.78 is 0. The van der Waals surface area contributed by atoms with Gasteiger partial charge in [0.1, 0.15) is 0 Å². The highest BCUT2D eigenvalue weighted by Crippen LogP contribution is 2.07. The first kappa shape index (κ1) is 18.4. The summed E-state index contributed by atoms with van der Waals surface area (Å²) >= 11 is 0. The lowest BCUT2D eigenvalue weighted by Gasteiger charge is -2.21. The van der Waals surface area contributed by atoms with Gasteiger partial charge < -0.3 is 16.0 Å². The molecular formula is C15H33N3O. The van der Waals surface area contributed by atoms with Crippen LogP contribution in [0, 0.1) is 0 Å². The van der Waals surface area contributed by atoms with Crippen molar-refractivity contribution in [1.82, 2.24) is 10.2 Å². The number of primary amides is 1. The second-order valence-electron chi connectivity index (χ2n) is 5.14. The maximum atomic E-state index is 11.4. The van der Waals surface area contributed by atoms with Crippen molar-refractivity contribution < 1.29 is 4.79 Å². The lowest BCUT2D eigenvalue weighted by atomic mass is 10.1. The van der Waals surface area contributed by atoms with Crippen molar-refractivity contribution in [2.24, 2.45) is 5.73 Å². The van der Waals surface area contributed by atoms with E-state index in [1.54, 1.807) is 0 Å². The van der Waals surface area contributed by atoms with Crippen molar-refractivity contribution in [3.63, 3.8) is 0 Å². The first-order valence-electron chi connectivity index (χ1n) is 7.90. The van der Waals surface area contributed by atoms with Gasteiger partial charge in [-0.2, -0.15) is 0 Å². The van der Waals surface area contributed by atoms with E-state index >= 15 is 0 Å². The zero-order valence-electron chi connectivity index (χ0n) is 13.1. The number of nitrogens with two attached hydrogens (primary N) is 1. The average Bonchev–Trinajstić information content (AvgIpc) is 2.40. The van der Waals surface area contributed by atoms with E-state index in [1.807, 2.05) is 0 Å². The van der Waals surface area contributed by atoms with Crippen LogP contribution in [0.4, 0.5) is 0 Å². The summed E-state index contributed by atoms with van der Waals surface area (Å²) in [6, 6.07) is -0.155. The van der Waals surface area contributed by atoms with E-state index in [0.29, 0.717) is 0 Å². The largest absolute Gasteiger partial charge is 0.368 e. The molecule has 0 radical (unpaired) electrons. The number of amides is 1. The minimum absolute atomic E-state index is 0.155. The van der Waals surface area contributed by atoms with Crippen molar-refractivity contribution in [2.75, 3.05) is 26.2 Å². The number of rotatable bonds is 13. The third kappa shape index (κ3) is 9.91. The number of likely N-dealkylation sites (N-methyl/N-ethyl adjacent to an activating group) is 1. The van der Waals surface area contributed by atoms with Crippen LogP contribution in [0.5, 0.6) is 0 Å². The Morgan fingerprint density at radius 3 is 2.26 bits per heavy atom. The van der Waals surface area contributed by atoms with Gasteiger partial charge in [-0.1, -0.05) is 52.9 Å². The Balaban J connectivity index is 3.77. The normalized spacial score (nSPS) is 12.8. The van der Waals surface area contributed by atoms with Gasteiger partial charge in [0.05, 0.1) is 6.04 Å². The first-order valence-corrected chi connectivity index (χ1v) is 7.90. The fourth-order valence-corrected chi connectivity index (χ4v) is 2.23. The van der Waals surface area contributed by atoms with Gasteiger partial charge in [-0.15, -0.1) is 0 Å². The molecule has 3 N–H and O–H groups in total. The molecule has 0 aromatic heterocycles. The molecule has 0 fully saturated rings. The second kappa shape index (κ2) is 12.4. The van der Waals surface area contributed by atoms with E-state index in [4.69, 9.17) is 5.73 Å². The molecule has 19 heavy (non-hydrogen) atoms. The van der Waals surface area contributed by atoms with Gasteiger partial charge >= 0.3 is 0 Å². The van der Waals surface area contributed by atoms with Crippen molar-refractivity contribution in [3.8, 4) is 0 Å². The Morgan fingerprint density at radius 1 is 1.11 bits per heavy atom. The number of hydrogen-bond donors (Lipinski definition) is 2. The summed E-state index contributed by atoms with van der Waals surface area (Å²) in [5, 5.41) is 3.29. The molecule has 0 spiro atoms. The summed E-state index contributed by atoms with van der Waals surface area (Å²) in [4.78, 5) is 13.7. The van der Waals surface area contributed by atoms with Crippen LogP contribution in [0.3, 0.4) is 0 Å². The summed E-state index contributed by atoms with van der Waals surface area (Å²) in [5.41, 5.74) is 5.44. The predicted molar refractivity (Wildman–Crippen MR) is 82.1 cm³/mol. The summed E-state index contributed by atoms with van der Waals surface area (Å²) in [7, 11) is 0. The summed E-state index contributed by atoms with van der Waals surface area (Å²) in [5.74, 6) is -0.213. The van der Waals surface area contributed by atoms with Crippen LogP contribution in [0.25, 0.3) is 0 Å². The highest BCUT2D eigenvalue weighted by molar-refractivity contribution is 5.79. The molecule has 0 aromatic rings. The topological polar surface area (TPSA) is 58.4 Å². The molecule has 4 nitrogen and oxygen atoms in total. The van der Waals surface area contributed by atoms with Gasteiger partial charge in [0.2, 0.25) is 5.91 Å². The van der Waals surface area contributed by atoms with E-state index < -0.39 is 0 Å². The van der Waals surface area contributed by atoms with E-state index in [1.165, 1.54) is 25.7 Å². The van der Waals surface area contributed by atoms with Gasteiger partial charge in [-0.05, 0) is 19.5 Å². The second-order valence-corrected chi connectivity index (χ2v) is 5.14. The van der Waals surface area contributed by atoms with Crippen LogP contribution < -0.4 is 11.1 Å². The monoisotopic (exact) mass is 271 g/mol. The zero-order chi connectivity index (χ0) is 14.5. The minimum atomic E-state index is -0.213. The van der Waals surface area contributed by atoms with Crippen LogP contribution in [0.15, 0.2) is 0 Å². The Hall–Kier alpha value is -0.610. The number of carbonyl (C=O) groups is 1. The molecule has 0 rings (SSSR count). The van der Waals surface area contributed by atoms with Gasteiger partial charge in [-0.3, -0.25) is 4.79 Å². The van der Waals surface area contributed by atoms with Crippen LogP contribution in [-0.2, 0) is 4.79 Å². The van der Waals surface area contributed by atoms with Crippen LogP contribution in [0.2, 0.25) is 0 Å². The molecule has 1 atom stereocenters. The van der Waals surface area contributed by atoms with Crippen molar-refractivity contribution in [2.45, 2.75) is 65.3 Å². The standard InChI is InChI=1S/C15H33N3O/c1-4-7-8-9-10-11-14(15(16)19)17-12-13-18(5-2)6-3/h14,17H,4-13H2,1-3H3,(H2,16,19). The number of carbonyl (C=O) groups excluding carboxylic acids is 1. The maximum absolute atomic E-state index is 11.4. The average molecular weight is 271 g/mol. The smallest absolute Gasteiger partial charge is 0.234 e. The molecule has 4 heteroatoms. The van der Waals surface area contributed by atoms with Crippen LogP contribution in [-0.4, -0.2) is 43.0 Å². The van der Waals surface area contributed by atoms with Gasteiger partial charge in [0.25, 0.3) is 0 Å². The lowest BCUT2D eigenvalue weighted by Crippen LogP contribution is -2.44. The maximum Gasteiger partial charge on any atom is 0.234 e. The highest BCUT2D eigenvalue weighted by Gasteiger charge is 2.13. The SMILES string of the molecule is CCCCCCCC(NCCN(CC)CC)C(N)=O. The minimum Gasteiger partial charge on any atom is -0.368 e. The van der Waals surface area contributed by atoms with Gasteiger partial charge in [0, 0.05) is 13.1 Å². The molecule has 0 aromatic carbocycles. The van der Waals surface area contributed by atoms with Gasteiger partial charge in [-0.25, -0.2) is 0 Å². The lowest BCUT2D eigenvalue weighted by molar-refractivity contribution is -0.120. The van der Waals surface area contributed by atoms with Crippen molar-refractivity contribution >= 4 is 5.91 Å². The zero-order valence-corrected chi connectivity index (χ0v) is 13.1. The highest BCUT2D eigenvalue weighted by atomic mass is 16.1. The third-order valence-electron chi connectivity index (χ3n) is 3.65. The third-order valence-corrected chi connectivity index (χ3v) is 3.65. The number of unbranched alkanes of at least 4 members (excludes halogenated alkanes) is 4. The van der Waals surface area contributed by atoms with Crippen molar-refractivity contribution in [3.05, 3.63) is 0 Å². The summed E-state index contributed by atoms with van der Waals surface area (Å²) in [6.07, 6.45) is 6.97. The number of nitrogens with zero attached hydrogens (tertiary/aromatic N) is 1. The van der Waals surface area contributed by atoms with Gasteiger partial charge in [0.15, 0.2) is 0 Å². The van der Waals surface area contributed by atoms with Crippen LogP contribution >= 0.6 is 0 Å². The van der Waals surface area contributed by atoms with Crippen LogP contribution in [0.1, 0.15) is 59.3 Å². The van der Waals surface area contributed by atoms with E-state index in [9.17, 15) is 4.79 Å². The van der Waals surface area contributed by atoms with Crippen molar-refractivity contribution in [1.29, 1.82) is 0 Å². The predicted octanol–water partition coefficient (Wildman–Crippen LogP) is 2.13. The number of hydrogen-bond acceptors (Lipinski definition) is 3. The molecule has 1 unspecified atom stereocenters. The molecule has 0 aliphatic rings. The molecular weight excluding hydrogens is 238 g/mol. The molecule has 0 heterocycles. The molecule has 114 valence electrons. The Kier molecular flexibility index (Phi) is 12.0. The fraction of sp³-hybridized carbons (Fsp3) is 0.933. The Morgan fingerprint density at radius 2 is 1.74 bits per heavy atom. The first-order chi connectivity index (χ1) is 9.15. The Bertz CT molecular complexity index is 217. The summed E-state index contributed by atoms with van der Waals surface area (Å²) in [6.45, 7) is 10.4.